The van der Waals surface area contributed by atoms with Gasteiger partial charge in [0.15, 0.2) is 0 Å². The summed E-state index contributed by atoms with van der Waals surface area (Å²) in [4.78, 5) is 28.5. The van der Waals surface area contributed by atoms with Crippen LogP contribution in [-0.2, 0) is 4.79 Å². The molecule has 3 heterocycles. The molecule has 0 bridgehead atoms. The summed E-state index contributed by atoms with van der Waals surface area (Å²) in [6.07, 6.45) is 1.79. The fourth-order valence-corrected chi connectivity index (χ4v) is 4.44. The third kappa shape index (κ3) is 4.29. The average molecular weight is 406 g/mol. The number of aliphatic hydroxyl groups is 1. The van der Waals surface area contributed by atoms with E-state index in [1.807, 2.05) is 27.0 Å². The third-order valence-electron chi connectivity index (χ3n) is 5.07. The zero-order valence-corrected chi connectivity index (χ0v) is 18.3. The van der Waals surface area contributed by atoms with Crippen molar-refractivity contribution in [3.8, 4) is 10.6 Å². The van der Waals surface area contributed by atoms with Crippen LogP contribution in [0.2, 0.25) is 0 Å². The molecule has 0 saturated carbocycles. The van der Waals surface area contributed by atoms with Gasteiger partial charge in [-0.1, -0.05) is 34.6 Å². The van der Waals surface area contributed by atoms with Crippen molar-refractivity contribution in [2.45, 2.75) is 72.2 Å². The quantitative estimate of drug-likeness (QED) is 0.711. The normalized spacial score (nSPS) is 21.5. The lowest BCUT2D eigenvalue weighted by atomic mass is 9.85. The van der Waals surface area contributed by atoms with Crippen LogP contribution in [-0.4, -0.2) is 55.6 Å². The van der Waals surface area contributed by atoms with Gasteiger partial charge < -0.3 is 20.3 Å². The first kappa shape index (κ1) is 21.0. The van der Waals surface area contributed by atoms with Crippen LogP contribution in [0.1, 0.15) is 58.6 Å². The predicted octanol–water partition coefficient (Wildman–Crippen LogP) is 2.89. The SMILES string of the molecule is Cc1ncsc1-c1c[nH]c([C@@H]2C[C@@H](O)CN2C(=O)[C@@H](NC(C)C)C(C)(C)C)n1. The maximum absolute atomic E-state index is 13.4. The lowest BCUT2D eigenvalue weighted by Gasteiger charge is -2.36. The van der Waals surface area contributed by atoms with E-state index in [0.717, 1.165) is 16.3 Å². The molecule has 0 aromatic carbocycles. The van der Waals surface area contributed by atoms with Gasteiger partial charge in [-0.05, 0) is 12.3 Å². The van der Waals surface area contributed by atoms with E-state index in [1.54, 1.807) is 21.7 Å². The number of H-pyrrole nitrogens is 1. The van der Waals surface area contributed by atoms with Gasteiger partial charge in [-0.2, -0.15) is 0 Å². The van der Waals surface area contributed by atoms with Crippen LogP contribution < -0.4 is 5.32 Å². The summed E-state index contributed by atoms with van der Waals surface area (Å²) >= 11 is 1.55. The second-order valence-corrected chi connectivity index (χ2v) is 9.81. The highest BCUT2D eigenvalue weighted by Gasteiger charge is 2.42. The Bertz CT molecular complexity index is 823. The van der Waals surface area contributed by atoms with Crippen molar-refractivity contribution in [3.63, 3.8) is 0 Å². The summed E-state index contributed by atoms with van der Waals surface area (Å²) in [5.74, 6) is 0.722. The van der Waals surface area contributed by atoms with Crippen molar-refractivity contribution in [2.75, 3.05) is 6.54 Å². The van der Waals surface area contributed by atoms with Crippen LogP contribution in [0.4, 0.5) is 0 Å². The molecule has 3 atom stereocenters. The number of nitrogens with one attached hydrogen (secondary N) is 2. The van der Waals surface area contributed by atoms with Crippen molar-refractivity contribution in [3.05, 3.63) is 23.2 Å². The number of imidazole rings is 1. The Hall–Kier alpha value is -1.77. The first-order chi connectivity index (χ1) is 13.1. The van der Waals surface area contributed by atoms with E-state index in [-0.39, 0.29) is 29.4 Å². The molecular weight excluding hydrogens is 374 g/mol. The van der Waals surface area contributed by atoms with E-state index in [1.165, 1.54) is 0 Å². The monoisotopic (exact) mass is 405 g/mol. The Morgan fingerprint density at radius 2 is 2.14 bits per heavy atom. The van der Waals surface area contributed by atoms with Gasteiger partial charge in [0.2, 0.25) is 5.91 Å². The van der Waals surface area contributed by atoms with E-state index in [0.29, 0.717) is 18.8 Å². The topological polar surface area (TPSA) is 94.1 Å². The van der Waals surface area contributed by atoms with Crippen LogP contribution >= 0.6 is 11.3 Å². The number of aromatic amines is 1. The first-order valence-corrected chi connectivity index (χ1v) is 10.7. The fourth-order valence-electron chi connectivity index (χ4n) is 3.68. The lowest BCUT2D eigenvalue weighted by Crippen LogP contribution is -2.55. The molecule has 7 nitrogen and oxygen atoms in total. The minimum absolute atomic E-state index is 0.00895. The number of aromatic nitrogens is 3. The van der Waals surface area contributed by atoms with Gasteiger partial charge in [0, 0.05) is 25.2 Å². The van der Waals surface area contributed by atoms with Crippen molar-refractivity contribution in [1.82, 2.24) is 25.2 Å². The molecule has 0 spiro atoms. The van der Waals surface area contributed by atoms with Gasteiger partial charge in [0.25, 0.3) is 0 Å². The lowest BCUT2D eigenvalue weighted by molar-refractivity contribution is -0.137. The number of amides is 1. The van der Waals surface area contributed by atoms with Gasteiger partial charge in [-0.25, -0.2) is 9.97 Å². The van der Waals surface area contributed by atoms with Crippen LogP contribution in [0.3, 0.4) is 0 Å². The Morgan fingerprint density at radius 1 is 1.43 bits per heavy atom. The number of hydrogen-bond acceptors (Lipinski definition) is 6. The second-order valence-electron chi connectivity index (χ2n) is 8.95. The molecule has 0 unspecified atom stereocenters. The summed E-state index contributed by atoms with van der Waals surface area (Å²) in [5.41, 5.74) is 3.33. The maximum Gasteiger partial charge on any atom is 0.240 e. The Labute approximate surface area is 170 Å². The molecule has 1 amide bonds. The number of carbonyl (C=O) groups excluding carboxylic acids is 1. The number of hydrogen-bond donors (Lipinski definition) is 3. The summed E-state index contributed by atoms with van der Waals surface area (Å²) in [7, 11) is 0. The maximum atomic E-state index is 13.4. The van der Waals surface area contributed by atoms with Crippen LogP contribution in [0.5, 0.6) is 0 Å². The van der Waals surface area contributed by atoms with Gasteiger partial charge in [0.1, 0.15) is 11.5 Å². The van der Waals surface area contributed by atoms with Gasteiger partial charge >= 0.3 is 0 Å². The number of thiazole rings is 1. The van der Waals surface area contributed by atoms with Gasteiger partial charge in [-0.3, -0.25) is 4.79 Å². The largest absolute Gasteiger partial charge is 0.391 e. The molecule has 0 aliphatic carbocycles. The summed E-state index contributed by atoms with van der Waals surface area (Å²) in [6, 6.07) is -0.412. The Balaban J connectivity index is 1.88. The molecule has 1 aliphatic heterocycles. The highest BCUT2D eigenvalue weighted by molar-refractivity contribution is 7.13. The van der Waals surface area contributed by atoms with Crippen molar-refractivity contribution < 1.29 is 9.90 Å². The average Bonchev–Trinajstić information content (AvgIpc) is 3.29. The molecule has 1 fully saturated rings. The van der Waals surface area contributed by atoms with Crippen molar-refractivity contribution >= 4 is 17.2 Å². The second kappa shape index (κ2) is 7.93. The molecule has 1 saturated heterocycles. The molecule has 154 valence electrons. The summed E-state index contributed by atoms with van der Waals surface area (Å²) < 4.78 is 0. The number of rotatable bonds is 5. The summed E-state index contributed by atoms with van der Waals surface area (Å²) in [6.45, 7) is 12.5. The highest BCUT2D eigenvalue weighted by atomic mass is 32.1. The number of aliphatic hydroxyl groups excluding tert-OH is 1. The molecule has 2 aromatic heterocycles. The first-order valence-electron chi connectivity index (χ1n) is 9.78. The van der Waals surface area contributed by atoms with Crippen molar-refractivity contribution in [2.24, 2.45) is 5.41 Å². The highest BCUT2D eigenvalue weighted by Crippen LogP contribution is 2.35. The smallest absolute Gasteiger partial charge is 0.240 e. The van der Waals surface area contributed by atoms with E-state index < -0.39 is 6.10 Å². The number of likely N-dealkylation sites (tertiary alicyclic amines) is 1. The Morgan fingerprint density at radius 3 is 2.71 bits per heavy atom. The molecule has 28 heavy (non-hydrogen) atoms. The zero-order valence-electron chi connectivity index (χ0n) is 17.5. The molecule has 0 radical (unpaired) electrons. The predicted molar refractivity (Wildman–Crippen MR) is 111 cm³/mol. The van der Waals surface area contributed by atoms with Gasteiger partial charge in [-0.15, -0.1) is 11.3 Å². The molecule has 3 rings (SSSR count). The third-order valence-corrected chi connectivity index (χ3v) is 6.02. The fraction of sp³-hybridized carbons (Fsp3) is 0.650. The molecule has 1 aliphatic rings. The van der Waals surface area contributed by atoms with E-state index in [2.05, 4.69) is 36.1 Å². The van der Waals surface area contributed by atoms with Crippen LogP contribution in [0.25, 0.3) is 10.6 Å². The molecule has 3 N–H and O–H groups in total. The molecule has 2 aromatic rings. The summed E-state index contributed by atoms with van der Waals surface area (Å²) in [5, 5.41) is 13.7. The van der Waals surface area contributed by atoms with Crippen molar-refractivity contribution in [1.29, 1.82) is 0 Å². The standard InChI is InChI=1S/C20H31N5O2S/c1-11(2)23-17(20(4,5)6)19(27)25-9-13(26)7-15(25)18-21-8-14(24-18)16-12(3)22-10-28-16/h8,10-11,13,15,17,23,26H,7,9H2,1-6H3,(H,21,24)/t13-,15+,17-/m1/s1. The van der Waals surface area contributed by atoms with Crippen LogP contribution in [0.15, 0.2) is 11.7 Å². The number of carbonyl (C=O) groups is 1. The minimum Gasteiger partial charge on any atom is -0.391 e. The minimum atomic E-state index is -0.549. The van der Waals surface area contributed by atoms with E-state index in [9.17, 15) is 9.90 Å². The molecular formula is C20H31N5O2S. The number of β-amino-alcohol motifs (C(OH)–C–C–N with tert-alkyl or cyclic N) is 1. The van der Waals surface area contributed by atoms with Gasteiger partial charge in [0.05, 0.1) is 34.3 Å². The number of aryl methyl sites for hydroxylation is 1. The van der Waals surface area contributed by atoms with Crippen LogP contribution in [0, 0.1) is 12.3 Å². The molecule has 8 heteroatoms. The van der Waals surface area contributed by atoms with E-state index >= 15 is 0 Å². The van der Waals surface area contributed by atoms with E-state index in [4.69, 9.17) is 4.98 Å². The zero-order chi connectivity index (χ0) is 20.6. The Kier molecular flexibility index (Phi) is 5.93. The number of nitrogens with zero attached hydrogens (tertiary/aromatic N) is 3.